The third-order valence-electron chi connectivity index (χ3n) is 0.647. The molecule has 5 N–H and O–H groups in total. The van der Waals surface area contributed by atoms with Crippen molar-refractivity contribution in [3.8, 4) is 0 Å². The summed E-state index contributed by atoms with van der Waals surface area (Å²) in [4.78, 5) is 30.7. The van der Waals surface area contributed by atoms with E-state index in [-0.39, 0.29) is 28.0 Å². The standard InChI is InChI=1S/C6H7O6.Mn.2H2O/c1-3(7)11-6(5(9)10)12-4(2)8;;;/h1-2H3,(H,9,10);;2*1H2/q-1;;;. The number of hydrogen-bond donors (Lipinski definition) is 1. The van der Waals surface area contributed by atoms with Crippen molar-refractivity contribution in [2.75, 3.05) is 0 Å². The van der Waals surface area contributed by atoms with Crippen LogP contribution in [0.4, 0.5) is 0 Å². The fourth-order valence-electron chi connectivity index (χ4n) is 0.369. The Kier molecular flexibility index (Phi) is 16.9. The summed E-state index contributed by atoms with van der Waals surface area (Å²) in [6.07, 6.45) is -1.03. The van der Waals surface area contributed by atoms with E-state index in [0.717, 1.165) is 13.8 Å². The van der Waals surface area contributed by atoms with Gasteiger partial charge in [-0.1, -0.05) is 0 Å². The molecule has 0 amide bonds. The van der Waals surface area contributed by atoms with Gasteiger partial charge in [0.15, 0.2) is 0 Å². The van der Waals surface area contributed by atoms with Crippen molar-refractivity contribution in [2.24, 2.45) is 0 Å². The molecule has 0 aliphatic heterocycles. The Labute approximate surface area is 95.6 Å². The zero-order valence-corrected chi connectivity index (χ0v) is 9.05. The molecule has 0 bridgehead atoms. The van der Waals surface area contributed by atoms with Crippen molar-refractivity contribution in [1.29, 1.82) is 0 Å². The van der Waals surface area contributed by atoms with Gasteiger partial charge in [-0.3, -0.25) is 14.4 Å². The van der Waals surface area contributed by atoms with Crippen LogP contribution in [-0.4, -0.2) is 34.0 Å². The van der Waals surface area contributed by atoms with E-state index in [1.807, 2.05) is 0 Å². The molecule has 0 atom stereocenters. The third kappa shape index (κ3) is 12.7. The first-order chi connectivity index (χ1) is 5.43. The van der Waals surface area contributed by atoms with Crippen LogP contribution < -0.4 is 0 Å². The minimum absolute atomic E-state index is 0. The number of esters is 2. The number of carbonyl (C=O) groups is 3. The molecule has 0 aliphatic carbocycles. The summed E-state index contributed by atoms with van der Waals surface area (Å²) in [5.41, 5.74) is 0. The van der Waals surface area contributed by atoms with Crippen LogP contribution in [0.2, 0.25) is 0 Å². The van der Waals surface area contributed by atoms with E-state index >= 15 is 0 Å². The van der Waals surface area contributed by atoms with Gasteiger partial charge in [0.05, 0.1) is 6.29 Å². The Hall–Kier alpha value is -1.28. The number of rotatable bonds is 3. The van der Waals surface area contributed by atoms with Gasteiger partial charge in [0.2, 0.25) is 5.97 Å². The molecule has 0 heterocycles. The summed E-state index contributed by atoms with van der Waals surface area (Å²) >= 11 is 0. The SMILES string of the molecule is CC(=O)O[C-](OC(C)=O)C(=O)O.O.O.[Mn]. The van der Waals surface area contributed by atoms with Gasteiger partial charge >= 0.3 is 0 Å². The molecule has 0 saturated heterocycles. The maximum Gasteiger partial charge on any atom is 0.278 e. The average molecular weight is 266 g/mol. The van der Waals surface area contributed by atoms with E-state index in [2.05, 4.69) is 9.47 Å². The van der Waals surface area contributed by atoms with E-state index in [0.29, 0.717) is 0 Å². The number of carboxylic acid groups (broad SMARTS) is 1. The number of ether oxygens (including phenoxy) is 2. The molecule has 15 heavy (non-hydrogen) atoms. The van der Waals surface area contributed by atoms with E-state index < -0.39 is 24.2 Å². The first-order valence-electron chi connectivity index (χ1n) is 2.90. The van der Waals surface area contributed by atoms with Gasteiger partial charge in [-0.15, -0.1) is 0 Å². The van der Waals surface area contributed by atoms with Crippen LogP contribution in [0.5, 0.6) is 0 Å². The minimum atomic E-state index is -1.61. The third-order valence-corrected chi connectivity index (χ3v) is 0.647. The van der Waals surface area contributed by atoms with Crippen molar-refractivity contribution in [3.63, 3.8) is 0 Å². The smallest absolute Gasteiger partial charge is 0.278 e. The Morgan fingerprint density at radius 2 is 1.27 bits per heavy atom. The number of carboxylic acids is 1. The van der Waals surface area contributed by atoms with Gasteiger partial charge < -0.3 is 25.5 Å². The average Bonchev–Trinajstić information content (AvgIpc) is 1.83. The van der Waals surface area contributed by atoms with Crippen molar-refractivity contribution < 1.29 is 57.0 Å². The second-order valence-corrected chi connectivity index (χ2v) is 1.78. The van der Waals surface area contributed by atoms with Crippen LogP contribution in [0.25, 0.3) is 0 Å². The van der Waals surface area contributed by atoms with E-state index in [1.165, 1.54) is 0 Å². The van der Waals surface area contributed by atoms with Crippen LogP contribution >= 0.6 is 0 Å². The Balaban J connectivity index is -0.000000202. The van der Waals surface area contributed by atoms with E-state index in [1.54, 1.807) is 0 Å². The van der Waals surface area contributed by atoms with Crippen LogP contribution in [0.3, 0.4) is 0 Å². The normalized spacial score (nSPS) is 6.80. The molecule has 0 aromatic carbocycles. The minimum Gasteiger partial charge on any atom is -0.566 e. The second-order valence-electron chi connectivity index (χ2n) is 1.78. The Morgan fingerprint density at radius 1 is 1.00 bits per heavy atom. The molecule has 0 spiro atoms. The van der Waals surface area contributed by atoms with Crippen LogP contribution in [0.15, 0.2) is 0 Å². The maximum absolute atomic E-state index is 10.2. The number of carbonyl (C=O) groups excluding carboxylic acids is 2. The predicted molar refractivity (Wildman–Crippen MR) is 41.6 cm³/mol. The van der Waals surface area contributed by atoms with Crippen LogP contribution in [-0.2, 0) is 40.9 Å². The van der Waals surface area contributed by atoms with Gasteiger partial charge in [-0.25, -0.2) is 0 Å². The summed E-state index contributed by atoms with van der Waals surface area (Å²) in [5, 5.41) is 8.28. The molecular formula is C6H11MnO8-. The van der Waals surface area contributed by atoms with Crippen molar-refractivity contribution in [1.82, 2.24) is 0 Å². The molecule has 1 radical (unpaired) electrons. The molecule has 9 heteroatoms. The number of hydrogen-bond acceptors (Lipinski definition) is 5. The maximum atomic E-state index is 10.2. The number of aliphatic carboxylic acids is 1. The quantitative estimate of drug-likeness (QED) is 0.355. The molecule has 0 unspecified atom stereocenters. The van der Waals surface area contributed by atoms with Gasteiger partial charge in [0, 0.05) is 30.9 Å². The summed E-state index contributed by atoms with van der Waals surface area (Å²) in [6.45, 7) is 1.98. The Bertz CT molecular complexity index is 199. The fraction of sp³-hybridized carbons (Fsp3) is 0.333. The summed E-state index contributed by atoms with van der Waals surface area (Å²) in [5.74, 6) is -3.34. The zero-order chi connectivity index (χ0) is 9.72. The van der Waals surface area contributed by atoms with Gasteiger partial charge in [0.1, 0.15) is 0 Å². The van der Waals surface area contributed by atoms with Gasteiger partial charge in [-0.05, 0) is 0 Å². The van der Waals surface area contributed by atoms with Crippen LogP contribution in [0, 0.1) is 6.29 Å². The summed E-state index contributed by atoms with van der Waals surface area (Å²) in [6, 6.07) is 0. The first kappa shape index (κ1) is 23.5. The molecule has 0 fully saturated rings. The molecule has 91 valence electrons. The van der Waals surface area contributed by atoms with Gasteiger partial charge in [-0.2, -0.15) is 0 Å². The molecule has 0 saturated carbocycles. The topological polar surface area (TPSA) is 153 Å². The van der Waals surface area contributed by atoms with Crippen LogP contribution in [0.1, 0.15) is 13.8 Å². The van der Waals surface area contributed by atoms with E-state index in [9.17, 15) is 14.4 Å². The molecule has 8 nitrogen and oxygen atoms in total. The molecule has 0 rings (SSSR count). The molecule has 0 aromatic heterocycles. The summed E-state index contributed by atoms with van der Waals surface area (Å²) in [7, 11) is 0. The predicted octanol–water partition coefficient (Wildman–Crippen LogP) is -1.97. The Morgan fingerprint density at radius 3 is 1.40 bits per heavy atom. The van der Waals surface area contributed by atoms with Gasteiger partial charge in [0.25, 0.3) is 11.9 Å². The van der Waals surface area contributed by atoms with Crippen molar-refractivity contribution >= 4 is 17.9 Å². The van der Waals surface area contributed by atoms with Crippen molar-refractivity contribution in [3.05, 3.63) is 6.29 Å². The molecule has 0 aliphatic rings. The fourth-order valence-corrected chi connectivity index (χ4v) is 0.369. The van der Waals surface area contributed by atoms with E-state index in [4.69, 9.17) is 5.11 Å². The second kappa shape index (κ2) is 10.8. The van der Waals surface area contributed by atoms with Crippen molar-refractivity contribution in [2.45, 2.75) is 13.8 Å². The zero-order valence-electron chi connectivity index (χ0n) is 7.87. The monoisotopic (exact) mass is 266 g/mol. The first-order valence-corrected chi connectivity index (χ1v) is 2.90. The largest absolute Gasteiger partial charge is 0.566 e. The molecular weight excluding hydrogens is 255 g/mol. The molecule has 0 aromatic rings. The summed E-state index contributed by atoms with van der Waals surface area (Å²) < 4.78 is 8.12.